The van der Waals surface area contributed by atoms with Gasteiger partial charge in [0.15, 0.2) is 15.7 Å². The summed E-state index contributed by atoms with van der Waals surface area (Å²) in [5, 5.41) is 4.08. The van der Waals surface area contributed by atoms with Crippen molar-refractivity contribution in [1.29, 1.82) is 0 Å². The zero-order valence-corrected chi connectivity index (χ0v) is 19.0. The van der Waals surface area contributed by atoms with E-state index >= 15 is 0 Å². The van der Waals surface area contributed by atoms with Gasteiger partial charge in [-0.3, -0.25) is 4.79 Å². The van der Waals surface area contributed by atoms with Gasteiger partial charge in [0.25, 0.3) is 0 Å². The zero-order chi connectivity index (χ0) is 22.2. The summed E-state index contributed by atoms with van der Waals surface area (Å²) in [6.07, 6.45) is 2.18. The van der Waals surface area contributed by atoms with Crippen LogP contribution in [0.5, 0.6) is 5.75 Å². The first-order chi connectivity index (χ1) is 14.7. The van der Waals surface area contributed by atoms with Crippen molar-refractivity contribution in [2.75, 3.05) is 26.0 Å². The van der Waals surface area contributed by atoms with Crippen LogP contribution in [0.25, 0.3) is 0 Å². The van der Waals surface area contributed by atoms with E-state index in [4.69, 9.17) is 9.26 Å². The fourth-order valence-corrected chi connectivity index (χ4v) is 6.78. The van der Waals surface area contributed by atoms with Gasteiger partial charge >= 0.3 is 0 Å². The lowest BCUT2D eigenvalue weighted by Gasteiger charge is -2.49. The summed E-state index contributed by atoms with van der Waals surface area (Å²) in [5.74, 6) is 1.82. The van der Waals surface area contributed by atoms with E-state index < -0.39 is 14.6 Å². The van der Waals surface area contributed by atoms with E-state index in [0.29, 0.717) is 36.9 Å². The number of rotatable bonds is 7. The van der Waals surface area contributed by atoms with Crippen LogP contribution in [-0.4, -0.2) is 60.1 Å². The number of hydrogen-bond acceptors (Lipinski definition) is 7. The highest BCUT2D eigenvalue weighted by molar-refractivity contribution is 7.93. The molecule has 0 N–H and O–H groups in total. The van der Waals surface area contributed by atoms with Gasteiger partial charge in [0.1, 0.15) is 10.5 Å². The first-order valence-electron chi connectivity index (χ1n) is 10.7. The number of aromatic nitrogens is 2. The van der Waals surface area contributed by atoms with Crippen LogP contribution in [-0.2, 0) is 21.1 Å². The molecule has 0 saturated carbocycles. The number of likely N-dealkylation sites (tertiary alicyclic amines) is 1. The van der Waals surface area contributed by atoms with Gasteiger partial charge < -0.3 is 14.2 Å². The maximum Gasteiger partial charge on any atom is 0.231 e. The first-order valence-corrected chi connectivity index (χ1v) is 12.3. The van der Waals surface area contributed by atoms with Crippen LogP contribution in [0.2, 0.25) is 0 Å². The maximum atomic E-state index is 12.9. The fourth-order valence-electron chi connectivity index (χ4n) is 4.47. The number of sulfone groups is 1. The van der Waals surface area contributed by atoms with Gasteiger partial charge in [-0.2, -0.15) is 4.98 Å². The molecule has 0 radical (unpaired) electrons. The monoisotopic (exact) mass is 447 g/mol. The van der Waals surface area contributed by atoms with Crippen molar-refractivity contribution in [2.24, 2.45) is 5.92 Å². The van der Waals surface area contributed by atoms with E-state index in [1.807, 2.05) is 24.3 Å². The summed E-state index contributed by atoms with van der Waals surface area (Å²) in [4.78, 5) is 18.6. The average Bonchev–Trinajstić information content (AvgIpc) is 3.26. The molecule has 8 nitrogen and oxygen atoms in total. The summed E-state index contributed by atoms with van der Waals surface area (Å²) in [6, 6.07) is 7.61. The number of carbonyl (C=O) groups excluding carboxylic acids is 1. The van der Waals surface area contributed by atoms with Crippen LogP contribution >= 0.6 is 0 Å². The molecule has 31 heavy (non-hydrogen) atoms. The fraction of sp³-hybridized carbons (Fsp3) is 0.591. The van der Waals surface area contributed by atoms with Crippen LogP contribution < -0.4 is 4.74 Å². The molecule has 0 bridgehead atoms. The molecule has 4 rings (SSSR count). The summed E-state index contributed by atoms with van der Waals surface area (Å²) in [6.45, 7) is 4.57. The summed E-state index contributed by atoms with van der Waals surface area (Å²) in [7, 11) is -1.72. The Morgan fingerprint density at radius 1 is 1.29 bits per heavy atom. The Morgan fingerprint density at radius 3 is 2.65 bits per heavy atom. The molecular formula is C22H29N3O5S. The van der Waals surface area contributed by atoms with Crippen molar-refractivity contribution in [1.82, 2.24) is 15.0 Å². The minimum atomic E-state index is -3.34. The molecular weight excluding hydrogens is 418 g/mol. The highest BCUT2D eigenvalue weighted by Crippen LogP contribution is 2.49. The van der Waals surface area contributed by atoms with Crippen LogP contribution in [0.1, 0.15) is 56.3 Å². The van der Waals surface area contributed by atoms with Gasteiger partial charge in [0.05, 0.1) is 18.8 Å². The molecule has 9 heteroatoms. The summed E-state index contributed by atoms with van der Waals surface area (Å²) >= 11 is 0. The number of ether oxygens (including phenoxy) is 1. The molecule has 0 aliphatic carbocycles. The van der Waals surface area contributed by atoms with Gasteiger partial charge in [0, 0.05) is 25.9 Å². The molecule has 1 amide bonds. The normalized spacial score (nSPS) is 21.4. The quantitative estimate of drug-likeness (QED) is 0.643. The van der Waals surface area contributed by atoms with E-state index in [0.717, 1.165) is 17.7 Å². The number of amides is 1. The third kappa shape index (κ3) is 4.07. The van der Waals surface area contributed by atoms with Crippen LogP contribution in [0.15, 0.2) is 28.8 Å². The number of benzene rings is 1. The van der Waals surface area contributed by atoms with Crippen molar-refractivity contribution in [2.45, 2.75) is 50.2 Å². The van der Waals surface area contributed by atoms with Crippen molar-refractivity contribution >= 4 is 15.7 Å². The van der Waals surface area contributed by atoms with Gasteiger partial charge in [-0.25, -0.2) is 8.42 Å². The molecule has 1 atom stereocenters. The lowest BCUT2D eigenvalue weighted by Crippen LogP contribution is -2.67. The Balaban J connectivity index is 1.47. The average molecular weight is 448 g/mol. The Labute approximate surface area is 182 Å². The van der Waals surface area contributed by atoms with E-state index in [2.05, 4.69) is 24.0 Å². The summed E-state index contributed by atoms with van der Waals surface area (Å²) < 4.78 is 35.5. The molecule has 1 aromatic heterocycles. The maximum absolute atomic E-state index is 12.9. The Bertz CT molecular complexity index is 1040. The number of nitrogens with zero attached hydrogens (tertiary/aromatic N) is 3. The predicted molar refractivity (Wildman–Crippen MR) is 115 cm³/mol. The minimum Gasteiger partial charge on any atom is -0.497 e. The second-order valence-corrected chi connectivity index (χ2v) is 11.4. The molecule has 2 aliphatic heterocycles. The Kier molecular flexibility index (Phi) is 5.81. The summed E-state index contributed by atoms with van der Waals surface area (Å²) in [5.41, 5.74) is 1.01. The highest BCUT2D eigenvalue weighted by Gasteiger charge is 2.64. The lowest BCUT2D eigenvalue weighted by molar-refractivity contribution is -0.137. The molecule has 2 fully saturated rings. The second kappa shape index (κ2) is 8.26. The largest absolute Gasteiger partial charge is 0.497 e. The van der Waals surface area contributed by atoms with Crippen molar-refractivity contribution < 1.29 is 22.5 Å². The predicted octanol–water partition coefficient (Wildman–Crippen LogP) is 2.59. The number of hydrogen-bond donors (Lipinski definition) is 0. The van der Waals surface area contributed by atoms with Crippen molar-refractivity contribution in [3.05, 3.63) is 41.5 Å². The van der Waals surface area contributed by atoms with Crippen LogP contribution in [0.4, 0.5) is 0 Å². The molecule has 1 aromatic carbocycles. The SMILES string of the molecule is COc1ccc(Cc2noc(C3CCS(=O)(=O)C34CN(C(=O)CCC(C)C)C4)n2)cc1. The van der Waals surface area contributed by atoms with Gasteiger partial charge in [-0.1, -0.05) is 31.1 Å². The van der Waals surface area contributed by atoms with Crippen molar-refractivity contribution in [3.63, 3.8) is 0 Å². The first kappa shape index (κ1) is 21.8. The highest BCUT2D eigenvalue weighted by atomic mass is 32.2. The van der Waals surface area contributed by atoms with Crippen LogP contribution in [0.3, 0.4) is 0 Å². The van der Waals surface area contributed by atoms with E-state index in [-0.39, 0.29) is 30.7 Å². The second-order valence-electron chi connectivity index (χ2n) is 8.98. The Morgan fingerprint density at radius 2 is 2.00 bits per heavy atom. The molecule has 2 aromatic rings. The molecule has 168 valence electrons. The topological polar surface area (TPSA) is 103 Å². The zero-order valence-electron chi connectivity index (χ0n) is 18.2. The smallest absolute Gasteiger partial charge is 0.231 e. The number of carbonyl (C=O) groups is 1. The standard InChI is InChI=1S/C22H29N3O5S/c1-15(2)4-9-20(26)25-13-22(14-25)18(10-11-31(22,27)28)21-23-19(24-30-21)12-16-5-7-17(29-3)8-6-16/h5-8,15,18H,4,9-14H2,1-3H3. The third-order valence-electron chi connectivity index (χ3n) is 6.44. The molecule has 1 spiro atoms. The molecule has 2 aliphatic rings. The van der Waals surface area contributed by atoms with Gasteiger partial charge in [-0.05, 0) is 36.5 Å². The van der Waals surface area contributed by atoms with Crippen LogP contribution in [0, 0.1) is 5.92 Å². The lowest BCUT2D eigenvalue weighted by atomic mass is 9.82. The van der Waals surface area contributed by atoms with Crippen molar-refractivity contribution in [3.8, 4) is 5.75 Å². The van der Waals surface area contributed by atoms with E-state index in [9.17, 15) is 13.2 Å². The number of methoxy groups -OCH3 is 1. The molecule has 1 unspecified atom stereocenters. The van der Waals surface area contributed by atoms with E-state index in [1.54, 1.807) is 12.0 Å². The molecule has 3 heterocycles. The molecule has 2 saturated heterocycles. The minimum absolute atomic E-state index is 0.0194. The Hall–Kier alpha value is -2.42. The van der Waals surface area contributed by atoms with Gasteiger partial charge in [-0.15, -0.1) is 0 Å². The van der Waals surface area contributed by atoms with E-state index in [1.165, 1.54) is 0 Å². The van der Waals surface area contributed by atoms with Gasteiger partial charge in [0.2, 0.25) is 11.8 Å². The third-order valence-corrected chi connectivity index (χ3v) is 8.99.